The van der Waals surface area contributed by atoms with Gasteiger partial charge in [0.05, 0.1) is 26.4 Å². The third kappa shape index (κ3) is 74.0. The first-order valence-electron chi connectivity index (χ1n) is 43.3. The number of phosphoric acid groups is 2. The molecule has 0 fully saturated rings. The van der Waals surface area contributed by atoms with E-state index >= 15 is 0 Å². The van der Waals surface area contributed by atoms with Crippen LogP contribution in [0.4, 0.5) is 0 Å². The van der Waals surface area contributed by atoms with E-state index in [0.717, 1.165) is 120 Å². The fourth-order valence-corrected chi connectivity index (χ4v) is 14.4. The molecular weight excluding hydrogens is 1340 g/mol. The number of esters is 4. The van der Waals surface area contributed by atoms with Gasteiger partial charge in [0.15, 0.2) is 12.2 Å². The van der Waals surface area contributed by atoms with Crippen LogP contribution >= 0.6 is 15.6 Å². The van der Waals surface area contributed by atoms with E-state index in [1.807, 2.05) is 0 Å². The van der Waals surface area contributed by atoms with Gasteiger partial charge < -0.3 is 33.8 Å². The molecule has 3 N–H and O–H groups in total. The molecule has 0 radical (unpaired) electrons. The molecule has 612 valence electrons. The third-order valence-corrected chi connectivity index (χ3v) is 22.6. The first-order valence-corrected chi connectivity index (χ1v) is 46.3. The molecule has 17 nitrogen and oxygen atoms in total. The van der Waals surface area contributed by atoms with Crippen molar-refractivity contribution in [3.8, 4) is 0 Å². The lowest BCUT2D eigenvalue weighted by Gasteiger charge is -2.21. The standard InChI is InChI=1S/C84H164O17P2/c1-9-75(6)61-53-45-37-31-25-21-16-14-12-13-15-17-22-26-34-40-50-58-66-83(88)100-79(70-94-81(86)64-56-48-39-33-29-28-32-38-46-54-62-76(7)10-2)72-98-102(90,91)96-68-78(85)69-97-103(92,93)99-73-80(71-95-82(87)65-57-49-43-42-47-55-63-77(8)11-3)101-84(89)67-59-51-41-35-27-23-19-18-20-24-30-36-44-52-60-74(4)5/h74-80,85H,9-73H2,1-8H3,(H,90,91)(H,92,93)/t75?,76?,77?,78-,79-,80-/m1/s1. The number of rotatable bonds is 81. The lowest BCUT2D eigenvalue weighted by Crippen LogP contribution is -2.30. The van der Waals surface area contributed by atoms with Crippen molar-refractivity contribution >= 4 is 39.5 Å². The minimum absolute atomic E-state index is 0.106. The normalized spacial score (nSPS) is 14.8. The van der Waals surface area contributed by atoms with Crippen LogP contribution in [0.25, 0.3) is 0 Å². The Morgan fingerprint density at radius 3 is 0.689 bits per heavy atom. The Morgan fingerprint density at radius 1 is 0.272 bits per heavy atom. The first kappa shape index (κ1) is 101. The van der Waals surface area contributed by atoms with Gasteiger partial charge >= 0.3 is 39.5 Å². The molecule has 5 unspecified atom stereocenters. The van der Waals surface area contributed by atoms with Gasteiger partial charge in [0.1, 0.15) is 19.3 Å². The van der Waals surface area contributed by atoms with E-state index < -0.39 is 97.5 Å². The molecule has 0 saturated carbocycles. The Bertz CT molecular complexity index is 2010. The summed E-state index contributed by atoms with van der Waals surface area (Å²) in [5.74, 6) is 1.09. The summed E-state index contributed by atoms with van der Waals surface area (Å²) < 4.78 is 68.8. The summed E-state index contributed by atoms with van der Waals surface area (Å²) in [6.07, 6.45) is 61.0. The maximum atomic E-state index is 13.1. The van der Waals surface area contributed by atoms with Crippen LogP contribution in [0, 0.1) is 23.7 Å². The van der Waals surface area contributed by atoms with Crippen molar-refractivity contribution in [3.63, 3.8) is 0 Å². The highest BCUT2D eigenvalue weighted by Crippen LogP contribution is 2.45. The average molecular weight is 1510 g/mol. The van der Waals surface area contributed by atoms with Gasteiger partial charge in [-0.2, -0.15) is 0 Å². The molecule has 0 aliphatic carbocycles. The predicted octanol–water partition coefficient (Wildman–Crippen LogP) is 25.2. The largest absolute Gasteiger partial charge is 0.472 e. The molecule has 0 aromatic rings. The van der Waals surface area contributed by atoms with Crippen LogP contribution in [0.2, 0.25) is 0 Å². The Hall–Kier alpha value is -1.94. The number of aliphatic hydroxyl groups excluding tert-OH is 1. The van der Waals surface area contributed by atoms with Crippen LogP contribution in [0.3, 0.4) is 0 Å². The van der Waals surface area contributed by atoms with Crippen molar-refractivity contribution in [1.29, 1.82) is 0 Å². The molecule has 0 spiro atoms. The van der Waals surface area contributed by atoms with Crippen LogP contribution in [-0.4, -0.2) is 96.7 Å². The summed E-state index contributed by atoms with van der Waals surface area (Å²) in [6.45, 7) is 14.3. The smallest absolute Gasteiger partial charge is 0.462 e. The molecule has 0 bridgehead atoms. The van der Waals surface area contributed by atoms with E-state index in [1.54, 1.807) is 0 Å². The number of aliphatic hydroxyl groups is 1. The van der Waals surface area contributed by atoms with E-state index in [1.165, 1.54) is 231 Å². The Balaban J connectivity index is 5.22. The summed E-state index contributed by atoms with van der Waals surface area (Å²) in [7, 11) is -9.93. The molecule has 8 atom stereocenters. The zero-order chi connectivity index (χ0) is 76.0. The van der Waals surface area contributed by atoms with Crippen LogP contribution in [0.5, 0.6) is 0 Å². The topological polar surface area (TPSA) is 237 Å². The van der Waals surface area contributed by atoms with Gasteiger partial charge in [0.2, 0.25) is 0 Å². The lowest BCUT2D eigenvalue weighted by molar-refractivity contribution is -0.161. The zero-order valence-corrected chi connectivity index (χ0v) is 69.7. The lowest BCUT2D eigenvalue weighted by atomic mass is 9.99. The minimum atomic E-state index is -4.96. The molecular formula is C84H164O17P2. The van der Waals surface area contributed by atoms with E-state index in [9.17, 15) is 43.2 Å². The quantitative estimate of drug-likeness (QED) is 0.0222. The molecule has 0 saturated heterocycles. The number of carbonyl (C=O) groups excluding carboxylic acids is 4. The van der Waals surface area contributed by atoms with Crippen molar-refractivity contribution in [2.24, 2.45) is 23.7 Å². The number of hydrogen-bond acceptors (Lipinski definition) is 15. The Morgan fingerprint density at radius 2 is 0.466 bits per heavy atom. The van der Waals surface area contributed by atoms with Gasteiger partial charge in [-0.1, -0.05) is 383 Å². The van der Waals surface area contributed by atoms with E-state index in [4.69, 9.17) is 37.0 Å². The zero-order valence-electron chi connectivity index (χ0n) is 68.0. The molecule has 0 amide bonds. The molecule has 0 aromatic carbocycles. The van der Waals surface area contributed by atoms with Crippen LogP contribution in [-0.2, 0) is 65.4 Å². The van der Waals surface area contributed by atoms with Crippen molar-refractivity contribution in [2.45, 2.75) is 453 Å². The van der Waals surface area contributed by atoms with E-state index in [-0.39, 0.29) is 25.7 Å². The van der Waals surface area contributed by atoms with Gasteiger partial charge in [-0.3, -0.25) is 37.3 Å². The molecule has 103 heavy (non-hydrogen) atoms. The summed E-state index contributed by atoms with van der Waals surface area (Å²) in [5, 5.41) is 10.7. The fourth-order valence-electron chi connectivity index (χ4n) is 12.9. The molecule has 0 heterocycles. The van der Waals surface area contributed by atoms with Gasteiger partial charge in [-0.05, 0) is 49.4 Å². The van der Waals surface area contributed by atoms with Crippen molar-refractivity contribution in [1.82, 2.24) is 0 Å². The summed E-state index contributed by atoms with van der Waals surface area (Å²) in [4.78, 5) is 73.1. The summed E-state index contributed by atoms with van der Waals surface area (Å²) >= 11 is 0. The van der Waals surface area contributed by atoms with Gasteiger partial charge in [0, 0.05) is 25.7 Å². The van der Waals surface area contributed by atoms with Crippen molar-refractivity contribution in [2.75, 3.05) is 39.6 Å². The van der Waals surface area contributed by atoms with Crippen molar-refractivity contribution < 1.29 is 80.2 Å². The number of carbonyl (C=O) groups is 4. The monoisotopic (exact) mass is 1510 g/mol. The average Bonchev–Trinajstić information content (AvgIpc) is 0.908. The predicted molar refractivity (Wildman–Crippen MR) is 423 cm³/mol. The number of unbranched alkanes of at least 4 members (excludes halogenated alkanes) is 44. The molecule has 0 aromatic heterocycles. The number of phosphoric ester groups is 2. The highest BCUT2D eigenvalue weighted by molar-refractivity contribution is 7.47. The van der Waals surface area contributed by atoms with Crippen LogP contribution < -0.4 is 0 Å². The molecule has 0 aliphatic rings. The summed E-state index contributed by atoms with van der Waals surface area (Å²) in [5.41, 5.74) is 0. The highest BCUT2D eigenvalue weighted by atomic mass is 31.2. The molecule has 19 heteroatoms. The van der Waals surface area contributed by atoms with Crippen molar-refractivity contribution in [3.05, 3.63) is 0 Å². The first-order chi connectivity index (χ1) is 49.7. The maximum absolute atomic E-state index is 13.1. The maximum Gasteiger partial charge on any atom is 0.472 e. The van der Waals surface area contributed by atoms with E-state index in [0.29, 0.717) is 25.7 Å². The summed E-state index contributed by atoms with van der Waals surface area (Å²) in [6, 6.07) is 0. The second-order valence-electron chi connectivity index (χ2n) is 31.4. The molecule has 0 aliphatic heterocycles. The van der Waals surface area contributed by atoms with Crippen LogP contribution in [0.1, 0.15) is 434 Å². The SMILES string of the molecule is CCC(C)CCCCCCCCCCCCCCCCCCCCC(=O)O[C@H](COC(=O)CCCCCCCCCCCCC(C)CC)COP(=O)(O)OC[C@@H](O)COP(=O)(O)OC[C@@H](COC(=O)CCCCCCCCC(C)CC)OC(=O)CCCCCCCCCCCCCCCCC(C)C. The molecule has 0 rings (SSSR count). The second-order valence-corrected chi connectivity index (χ2v) is 34.3. The Kier molecular flexibility index (Phi) is 71.5. The van der Waals surface area contributed by atoms with Gasteiger partial charge in [-0.15, -0.1) is 0 Å². The van der Waals surface area contributed by atoms with Gasteiger partial charge in [0.25, 0.3) is 0 Å². The number of ether oxygens (including phenoxy) is 4. The van der Waals surface area contributed by atoms with Gasteiger partial charge in [-0.25, -0.2) is 9.13 Å². The highest BCUT2D eigenvalue weighted by Gasteiger charge is 2.30. The Labute approximate surface area is 632 Å². The fraction of sp³-hybridized carbons (Fsp3) is 0.952. The third-order valence-electron chi connectivity index (χ3n) is 20.7. The minimum Gasteiger partial charge on any atom is -0.462 e. The van der Waals surface area contributed by atoms with E-state index in [2.05, 4.69) is 55.4 Å². The number of hydrogen-bond donors (Lipinski definition) is 3. The van der Waals surface area contributed by atoms with Crippen LogP contribution in [0.15, 0.2) is 0 Å². The second kappa shape index (κ2) is 72.9.